The van der Waals surface area contributed by atoms with Crippen molar-refractivity contribution in [1.82, 2.24) is 20.2 Å². The van der Waals surface area contributed by atoms with Crippen molar-refractivity contribution in [2.45, 2.75) is 39.5 Å². The molecule has 1 saturated heterocycles. The predicted molar refractivity (Wildman–Crippen MR) is 123 cm³/mol. The second kappa shape index (κ2) is 9.15. The number of nitrogens with zero attached hydrogens (tertiary/aromatic N) is 4. The maximum absolute atomic E-state index is 13.4. The molecule has 0 saturated carbocycles. The van der Waals surface area contributed by atoms with E-state index in [4.69, 9.17) is 4.74 Å². The Morgan fingerprint density at radius 3 is 2.53 bits per heavy atom. The quantitative estimate of drug-likeness (QED) is 0.729. The fraction of sp³-hybridized carbons (Fsp3) is 0.500. The molecule has 34 heavy (non-hydrogen) atoms. The molecule has 4 heterocycles. The number of pyridine rings is 2. The van der Waals surface area contributed by atoms with Gasteiger partial charge in [0.05, 0.1) is 29.6 Å². The summed E-state index contributed by atoms with van der Waals surface area (Å²) in [6, 6.07) is 3.34. The SMILES string of the molecule is CC(C)(C)CNC(=O)c1cncc(N2CCOc3cc(C(=O)N4CCC(F)(F)CC4)cnc32)c1. The molecule has 10 heteroatoms. The third-order valence-corrected chi connectivity index (χ3v) is 5.77. The Bertz CT molecular complexity index is 1080. The van der Waals surface area contributed by atoms with Crippen molar-refractivity contribution < 1.29 is 23.1 Å². The summed E-state index contributed by atoms with van der Waals surface area (Å²) in [5.74, 6) is -2.35. The largest absolute Gasteiger partial charge is 0.488 e. The van der Waals surface area contributed by atoms with E-state index >= 15 is 0 Å². The lowest BCUT2D eigenvalue weighted by molar-refractivity contribution is -0.0494. The van der Waals surface area contributed by atoms with E-state index in [9.17, 15) is 18.4 Å². The van der Waals surface area contributed by atoms with Crippen LogP contribution in [-0.4, -0.2) is 65.4 Å². The Kier molecular flexibility index (Phi) is 6.42. The lowest BCUT2D eigenvalue weighted by Crippen LogP contribution is -2.42. The van der Waals surface area contributed by atoms with Gasteiger partial charge in [-0.3, -0.25) is 14.6 Å². The molecular formula is C24H29F2N5O3. The molecular weight excluding hydrogens is 444 g/mol. The summed E-state index contributed by atoms with van der Waals surface area (Å²) >= 11 is 0. The smallest absolute Gasteiger partial charge is 0.255 e. The molecule has 4 rings (SSSR count). The summed E-state index contributed by atoms with van der Waals surface area (Å²) < 4.78 is 32.6. The van der Waals surface area contributed by atoms with Crippen molar-refractivity contribution in [2.75, 3.05) is 37.7 Å². The number of rotatable bonds is 4. The highest BCUT2D eigenvalue weighted by atomic mass is 19.3. The van der Waals surface area contributed by atoms with Crippen molar-refractivity contribution in [1.29, 1.82) is 0 Å². The van der Waals surface area contributed by atoms with Gasteiger partial charge in [-0.05, 0) is 17.5 Å². The van der Waals surface area contributed by atoms with Crippen LogP contribution in [0.1, 0.15) is 54.3 Å². The van der Waals surface area contributed by atoms with Crippen LogP contribution in [0.4, 0.5) is 20.3 Å². The second-order valence-corrected chi connectivity index (χ2v) is 9.87. The van der Waals surface area contributed by atoms with Crippen molar-refractivity contribution >= 4 is 23.3 Å². The zero-order valence-corrected chi connectivity index (χ0v) is 19.6. The molecule has 1 N–H and O–H groups in total. The fourth-order valence-electron chi connectivity index (χ4n) is 3.83. The number of hydrogen-bond donors (Lipinski definition) is 1. The van der Waals surface area contributed by atoms with E-state index in [1.165, 1.54) is 17.3 Å². The van der Waals surface area contributed by atoms with E-state index in [0.717, 1.165) is 0 Å². The summed E-state index contributed by atoms with van der Waals surface area (Å²) in [6.45, 7) is 7.50. The van der Waals surface area contributed by atoms with Gasteiger partial charge in [-0.15, -0.1) is 0 Å². The van der Waals surface area contributed by atoms with Gasteiger partial charge in [0.2, 0.25) is 0 Å². The monoisotopic (exact) mass is 473 g/mol. The number of carbonyl (C=O) groups is 2. The van der Waals surface area contributed by atoms with Gasteiger partial charge in [0.15, 0.2) is 11.6 Å². The Morgan fingerprint density at radius 2 is 1.82 bits per heavy atom. The number of alkyl halides is 2. The van der Waals surface area contributed by atoms with Crippen LogP contribution in [0.5, 0.6) is 5.75 Å². The Hall–Kier alpha value is -3.30. The number of hydrogen-bond acceptors (Lipinski definition) is 6. The van der Waals surface area contributed by atoms with Crippen molar-refractivity contribution in [3.63, 3.8) is 0 Å². The molecule has 182 valence electrons. The third-order valence-electron chi connectivity index (χ3n) is 5.77. The zero-order chi connectivity index (χ0) is 24.5. The number of nitrogens with one attached hydrogen (secondary N) is 1. The van der Waals surface area contributed by atoms with E-state index in [1.54, 1.807) is 18.3 Å². The first-order chi connectivity index (χ1) is 16.0. The van der Waals surface area contributed by atoms with Crippen LogP contribution in [0.3, 0.4) is 0 Å². The zero-order valence-electron chi connectivity index (χ0n) is 19.6. The highest BCUT2D eigenvalue weighted by molar-refractivity contribution is 5.96. The summed E-state index contributed by atoms with van der Waals surface area (Å²) in [5.41, 5.74) is 1.36. The molecule has 0 bridgehead atoms. The fourth-order valence-corrected chi connectivity index (χ4v) is 3.83. The molecule has 8 nitrogen and oxygen atoms in total. The van der Waals surface area contributed by atoms with Crippen molar-refractivity contribution in [3.8, 4) is 5.75 Å². The molecule has 2 aromatic rings. The van der Waals surface area contributed by atoms with Crippen LogP contribution in [0.25, 0.3) is 0 Å². The van der Waals surface area contributed by atoms with Crippen LogP contribution in [0.2, 0.25) is 0 Å². The summed E-state index contributed by atoms with van der Waals surface area (Å²) in [5, 5.41) is 2.92. The van der Waals surface area contributed by atoms with Gasteiger partial charge in [-0.2, -0.15) is 0 Å². The van der Waals surface area contributed by atoms with Crippen LogP contribution < -0.4 is 15.0 Å². The number of anilines is 2. The number of ether oxygens (including phenoxy) is 1. The summed E-state index contributed by atoms with van der Waals surface area (Å²) in [6.07, 6.45) is 3.91. The van der Waals surface area contributed by atoms with Gasteiger partial charge in [-0.1, -0.05) is 20.8 Å². The maximum atomic E-state index is 13.4. The van der Waals surface area contributed by atoms with Crippen molar-refractivity contribution in [3.05, 3.63) is 41.9 Å². The van der Waals surface area contributed by atoms with Crippen LogP contribution in [0.15, 0.2) is 30.7 Å². The van der Waals surface area contributed by atoms with E-state index < -0.39 is 5.92 Å². The average Bonchev–Trinajstić information content (AvgIpc) is 2.81. The summed E-state index contributed by atoms with van der Waals surface area (Å²) in [7, 11) is 0. The first kappa shape index (κ1) is 23.8. The number of aromatic nitrogens is 2. The van der Waals surface area contributed by atoms with Crippen LogP contribution >= 0.6 is 0 Å². The minimum atomic E-state index is -2.72. The van der Waals surface area contributed by atoms with Gasteiger partial charge < -0.3 is 19.9 Å². The first-order valence-corrected chi connectivity index (χ1v) is 11.3. The molecule has 0 unspecified atom stereocenters. The summed E-state index contributed by atoms with van der Waals surface area (Å²) in [4.78, 5) is 37.4. The highest BCUT2D eigenvalue weighted by Gasteiger charge is 2.36. The van der Waals surface area contributed by atoms with E-state index in [2.05, 4.69) is 15.3 Å². The van der Waals surface area contributed by atoms with Gasteiger partial charge in [-0.25, -0.2) is 13.8 Å². The maximum Gasteiger partial charge on any atom is 0.255 e. The normalized spacial score (nSPS) is 17.6. The molecule has 2 aromatic heterocycles. The van der Waals surface area contributed by atoms with Gasteiger partial charge in [0, 0.05) is 44.9 Å². The Labute approximate surface area is 197 Å². The van der Waals surface area contributed by atoms with Crippen LogP contribution in [0, 0.1) is 5.41 Å². The second-order valence-electron chi connectivity index (χ2n) is 9.87. The molecule has 2 aliphatic heterocycles. The van der Waals surface area contributed by atoms with E-state index in [1.807, 2.05) is 25.7 Å². The van der Waals surface area contributed by atoms with Gasteiger partial charge >= 0.3 is 0 Å². The minimum Gasteiger partial charge on any atom is -0.488 e. The van der Waals surface area contributed by atoms with E-state index in [-0.39, 0.29) is 43.2 Å². The molecule has 0 aromatic carbocycles. The van der Waals surface area contributed by atoms with Gasteiger partial charge in [0.1, 0.15) is 6.61 Å². The topological polar surface area (TPSA) is 87.7 Å². The number of amides is 2. The van der Waals surface area contributed by atoms with Crippen molar-refractivity contribution in [2.24, 2.45) is 5.41 Å². The van der Waals surface area contributed by atoms with E-state index in [0.29, 0.717) is 48.1 Å². The van der Waals surface area contributed by atoms with Gasteiger partial charge in [0.25, 0.3) is 17.7 Å². The number of piperidine rings is 1. The number of carbonyl (C=O) groups excluding carboxylic acids is 2. The minimum absolute atomic E-state index is 0.00559. The molecule has 1 fully saturated rings. The average molecular weight is 474 g/mol. The standard InChI is InChI=1S/C24H29F2N5O3/c1-23(2,3)15-29-21(32)16-10-18(14-27-12-16)31-8-9-34-19-11-17(13-28-20(19)31)22(33)30-6-4-24(25,26)5-7-30/h10-14H,4-9,15H2,1-3H3,(H,29,32). The highest BCUT2D eigenvalue weighted by Crippen LogP contribution is 2.36. The molecule has 0 atom stereocenters. The Balaban J connectivity index is 1.52. The first-order valence-electron chi connectivity index (χ1n) is 11.3. The lowest BCUT2D eigenvalue weighted by atomic mass is 9.97. The number of halogens is 2. The molecule has 0 spiro atoms. The molecule has 2 amide bonds. The third kappa shape index (κ3) is 5.43. The number of fused-ring (bicyclic) bond motifs is 1. The lowest BCUT2D eigenvalue weighted by Gasteiger charge is -2.32. The number of likely N-dealkylation sites (tertiary alicyclic amines) is 1. The predicted octanol–water partition coefficient (Wildman–Crippen LogP) is 3.65. The Morgan fingerprint density at radius 1 is 1.09 bits per heavy atom. The van der Waals surface area contributed by atoms with Crippen LogP contribution in [-0.2, 0) is 0 Å². The molecule has 0 radical (unpaired) electrons. The molecule has 2 aliphatic rings. The molecule has 0 aliphatic carbocycles.